The van der Waals surface area contributed by atoms with Gasteiger partial charge in [0.2, 0.25) is 0 Å². The minimum atomic E-state index is -0.479. The summed E-state index contributed by atoms with van der Waals surface area (Å²) in [4.78, 5) is 8.75. The molecule has 0 aliphatic rings. The predicted molar refractivity (Wildman–Crippen MR) is 106 cm³/mol. The van der Waals surface area contributed by atoms with Crippen molar-refractivity contribution in [1.82, 2.24) is 20.2 Å². The lowest BCUT2D eigenvalue weighted by molar-refractivity contribution is 0.585. The summed E-state index contributed by atoms with van der Waals surface area (Å²) in [7, 11) is 0. The van der Waals surface area contributed by atoms with Crippen molar-refractivity contribution in [2.75, 3.05) is 6.54 Å². The van der Waals surface area contributed by atoms with E-state index in [1.807, 2.05) is 31.3 Å². The highest BCUT2D eigenvalue weighted by Crippen LogP contribution is 2.11. The number of hydrogen-bond acceptors (Lipinski definition) is 2. The van der Waals surface area contributed by atoms with E-state index in [0.29, 0.717) is 19.0 Å². The van der Waals surface area contributed by atoms with Crippen molar-refractivity contribution < 1.29 is 8.78 Å². The lowest BCUT2D eigenvalue weighted by atomic mass is 10.2. The summed E-state index contributed by atoms with van der Waals surface area (Å²) in [5.41, 5.74) is 1.40. The van der Waals surface area contributed by atoms with Gasteiger partial charge in [-0.25, -0.2) is 18.8 Å². The third-order valence-electron chi connectivity index (χ3n) is 4.17. The van der Waals surface area contributed by atoms with Crippen LogP contribution >= 0.6 is 0 Å². The van der Waals surface area contributed by atoms with Crippen molar-refractivity contribution in [2.45, 2.75) is 26.6 Å². The summed E-state index contributed by atoms with van der Waals surface area (Å²) in [6, 6.07) is 13.5. The number of halogens is 2. The molecule has 3 rings (SSSR count). The summed E-state index contributed by atoms with van der Waals surface area (Å²) in [5.74, 6) is 0.415. The fraction of sp³-hybridized carbons (Fsp3) is 0.238. The lowest BCUT2D eigenvalue weighted by Gasteiger charge is -2.13. The summed E-state index contributed by atoms with van der Waals surface area (Å²) in [5, 5.41) is 6.30. The number of rotatable bonds is 7. The minimum absolute atomic E-state index is 0.0391. The Balaban J connectivity index is 1.65. The van der Waals surface area contributed by atoms with Gasteiger partial charge < -0.3 is 15.2 Å². The number of aromatic nitrogens is 2. The normalized spacial score (nSPS) is 11.5. The van der Waals surface area contributed by atoms with Crippen LogP contribution in [0.25, 0.3) is 0 Å². The van der Waals surface area contributed by atoms with E-state index in [-0.39, 0.29) is 12.1 Å². The molecule has 1 aromatic heterocycles. The number of imidazole rings is 1. The molecular weight excluding hydrogens is 360 g/mol. The molecule has 0 bridgehead atoms. The van der Waals surface area contributed by atoms with Gasteiger partial charge in [0.25, 0.3) is 0 Å². The van der Waals surface area contributed by atoms with Crippen LogP contribution in [0.3, 0.4) is 0 Å². The van der Waals surface area contributed by atoms with Crippen LogP contribution in [0.2, 0.25) is 0 Å². The molecule has 5 nitrogen and oxygen atoms in total. The van der Waals surface area contributed by atoms with E-state index in [0.717, 1.165) is 30.6 Å². The molecule has 2 N–H and O–H groups in total. The van der Waals surface area contributed by atoms with Crippen molar-refractivity contribution >= 4 is 5.96 Å². The first-order valence-corrected chi connectivity index (χ1v) is 9.15. The van der Waals surface area contributed by atoms with E-state index in [4.69, 9.17) is 0 Å². The highest BCUT2D eigenvalue weighted by atomic mass is 19.1. The van der Waals surface area contributed by atoms with E-state index < -0.39 is 11.6 Å². The molecular formula is C21H23F2N5. The van der Waals surface area contributed by atoms with Crippen LogP contribution in [-0.2, 0) is 19.6 Å². The minimum Gasteiger partial charge on any atom is -0.357 e. The van der Waals surface area contributed by atoms with Crippen LogP contribution < -0.4 is 10.6 Å². The van der Waals surface area contributed by atoms with Crippen LogP contribution in [0.5, 0.6) is 0 Å². The van der Waals surface area contributed by atoms with Gasteiger partial charge in [0.15, 0.2) is 5.96 Å². The maximum absolute atomic E-state index is 13.8. The average Bonchev–Trinajstić information content (AvgIpc) is 3.14. The second-order valence-corrected chi connectivity index (χ2v) is 6.24. The molecule has 0 radical (unpaired) electrons. The SMILES string of the molecule is CCNC(=NCc1cc(F)ccc1F)NCc1nccn1Cc1ccccc1. The first-order valence-electron chi connectivity index (χ1n) is 9.15. The summed E-state index contributed by atoms with van der Waals surface area (Å²) < 4.78 is 29.2. The fourth-order valence-electron chi connectivity index (χ4n) is 2.76. The number of benzene rings is 2. The molecule has 7 heteroatoms. The molecule has 146 valence electrons. The van der Waals surface area contributed by atoms with Gasteiger partial charge >= 0.3 is 0 Å². The lowest BCUT2D eigenvalue weighted by Crippen LogP contribution is -2.37. The smallest absolute Gasteiger partial charge is 0.191 e. The first kappa shape index (κ1) is 19.5. The zero-order valence-corrected chi connectivity index (χ0v) is 15.7. The van der Waals surface area contributed by atoms with Gasteiger partial charge in [-0.3, -0.25) is 0 Å². The molecule has 0 spiro atoms. The van der Waals surface area contributed by atoms with E-state index in [1.165, 1.54) is 5.56 Å². The number of nitrogens with one attached hydrogen (secondary N) is 2. The van der Waals surface area contributed by atoms with E-state index in [2.05, 4.69) is 37.3 Å². The van der Waals surface area contributed by atoms with Crippen molar-refractivity contribution in [2.24, 2.45) is 4.99 Å². The van der Waals surface area contributed by atoms with Crippen molar-refractivity contribution in [3.8, 4) is 0 Å². The molecule has 1 heterocycles. The average molecular weight is 383 g/mol. The maximum Gasteiger partial charge on any atom is 0.191 e. The molecule has 2 aromatic carbocycles. The Morgan fingerprint density at radius 1 is 1.11 bits per heavy atom. The van der Waals surface area contributed by atoms with Gasteiger partial charge in [0.1, 0.15) is 17.5 Å². The molecule has 0 saturated heterocycles. The van der Waals surface area contributed by atoms with Crippen LogP contribution in [0.4, 0.5) is 8.78 Å². The van der Waals surface area contributed by atoms with Crippen LogP contribution in [0.1, 0.15) is 23.9 Å². The Bertz CT molecular complexity index is 922. The zero-order chi connectivity index (χ0) is 19.8. The Morgan fingerprint density at radius 3 is 2.71 bits per heavy atom. The Hall–Kier alpha value is -3.22. The largest absolute Gasteiger partial charge is 0.357 e. The highest BCUT2D eigenvalue weighted by molar-refractivity contribution is 5.79. The third-order valence-corrected chi connectivity index (χ3v) is 4.17. The highest BCUT2D eigenvalue weighted by Gasteiger charge is 2.07. The van der Waals surface area contributed by atoms with Gasteiger partial charge in [0, 0.05) is 31.0 Å². The predicted octanol–water partition coefficient (Wildman–Crippen LogP) is 3.46. The van der Waals surface area contributed by atoms with Crippen LogP contribution in [0.15, 0.2) is 65.9 Å². The topological polar surface area (TPSA) is 54.2 Å². The number of hydrogen-bond donors (Lipinski definition) is 2. The quantitative estimate of drug-likeness (QED) is 0.485. The monoisotopic (exact) mass is 383 g/mol. The van der Waals surface area contributed by atoms with Crippen molar-refractivity contribution in [3.05, 3.63) is 89.5 Å². The zero-order valence-electron chi connectivity index (χ0n) is 15.7. The third kappa shape index (κ3) is 5.39. The second kappa shape index (κ2) is 9.64. The Morgan fingerprint density at radius 2 is 1.93 bits per heavy atom. The molecule has 0 unspecified atom stereocenters. The number of guanidine groups is 1. The van der Waals surface area contributed by atoms with E-state index in [1.54, 1.807) is 6.20 Å². The number of nitrogens with zero attached hydrogens (tertiary/aromatic N) is 3. The Kier molecular flexibility index (Phi) is 6.73. The molecule has 28 heavy (non-hydrogen) atoms. The summed E-state index contributed by atoms with van der Waals surface area (Å²) >= 11 is 0. The fourth-order valence-corrected chi connectivity index (χ4v) is 2.76. The van der Waals surface area contributed by atoms with Gasteiger partial charge in [-0.2, -0.15) is 0 Å². The van der Waals surface area contributed by atoms with Crippen molar-refractivity contribution in [3.63, 3.8) is 0 Å². The molecule has 0 atom stereocenters. The van der Waals surface area contributed by atoms with Crippen molar-refractivity contribution in [1.29, 1.82) is 0 Å². The summed E-state index contributed by atoms with van der Waals surface area (Å²) in [6.45, 7) is 3.81. The Labute approximate surface area is 163 Å². The molecule has 0 aliphatic carbocycles. The van der Waals surface area contributed by atoms with Gasteiger partial charge in [-0.05, 0) is 30.7 Å². The summed E-state index contributed by atoms with van der Waals surface area (Å²) in [6.07, 6.45) is 3.68. The van der Waals surface area contributed by atoms with Crippen LogP contribution in [0, 0.1) is 11.6 Å². The first-order chi connectivity index (χ1) is 13.7. The van der Waals surface area contributed by atoms with Gasteiger partial charge in [-0.15, -0.1) is 0 Å². The molecule has 3 aromatic rings. The molecule has 0 fully saturated rings. The maximum atomic E-state index is 13.8. The van der Waals surface area contributed by atoms with E-state index >= 15 is 0 Å². The standard InChI is InChI=1S/C21H23F2N5/c1-2-24-21(26-13-17-12-18(22)8-9-19(17)23)27-14-20-25-10-11-28(20)15-16-6-4-3-5-7-16/h3-12H,2,13-15H2,1H3,(H2,24,26,27). The molecule has 0 saturated carbocycles. The van der Waals surface area contributed by atoms with E-state index in [9.17, 15) is 8.78 Å². The van der Waals surface area contributed by atoms with Gasteiger partial charge in [-0.1, -0.05) is 30.3 Å². The van der Waals surface area contributed by atoms with Crippen LogP contribution in [-0.4, -0.2) is 22.1 Å². The number of aliphatic imine (C=N–C) groups is 1. The second-order valence-electron chi connectivity index (χ2n) is 6.24. The van der Waals surface area contributed by atoms with Gasteiger partial charge in [0.05, 0.1) is 13.1 Å². The molecule has 0 aliphatic heterocycles. The molecule has 0 amide bonds.